The van der Waals surface area contributed by atoms with E-state index >= 15 is 0 Å². The minimum atomic E-state index is -0.00912. The fraction of sp³-hybridized carbons (Fsp3) is 0.643. The summed E-state index contributed by atoms with van der Waals surface area (Å²) in [6, 6.07) is 0. The molecule has 0 bridgehead atoms. The van der Waals surface area contributed by atoms with E-state index in [1.165, 1.54) is 0 Å². The highest BCUT2D eigenvalue weighted by molar-refractivity contribution is 4.92. The number of imidazole rings is 1. The van der Waals surface area contributed by atoms with E-state index in [9.17, 15) is 0 Å². The topological polar surface area (TPSA) is 69.2 Å². The van der Waals surface area contributed by atoms with E-state index in [4.69, 9.17) is 9.26 Å². The van der Waals surface area contributed by atoms with Crippen molar-refractivity contribution in [3.63, 3.8) is 0 Å². The van der Waals surface area contributed by atoms with Crippen LogP contribution in [0, 0.1) is 6.92 Å². The predicted molar refractivity (Wildman–Crippen MR) is 75.5 cm³/mol. The van der Waals surface area contributed by atoms with Crippen molar-refractivity contribution in [3.8, 4) is 0 Å². The van der Waals surface area contributed by atoms with Crippen LogP contribution in [0.15, 0.2) is 16.9 Å². The summed E-state index contributed by atoms with van der Waals surface area (Å²) in [6.07, 6.45) is 5.84. The zero-order valence-corrected chi connectivity index (χ0v) is 12.5. The molecule has 0 aromatic carbocycles. The maximum absolute atomic E-state index is 5.55. The Morgan fingerprint density at radius 2 is 2.38 bits per heavy atom. The molecule has 1 fully saturated rings. The molecule has 1 unspecified atom stereocenters. The third-order valence-corrected chi connectivity index (χ3v) is 3.75. The van der Waals surface area contributed by atoms with Gasteiger partial charge in [-0.3, -0.25) is 4.90 Å². The second-order valence-electron chi connectivity index (χ2n) is 5.46. The molecule has 0 N–H and O–H groups in total. The SMILES string of the molecule is Cc1nccn1CCN(C)Cc1noc(C2CCCO2)n1. The summed E-state index contributed by atoms with van der Waals surface area (Å²) in [6.45, 7) is 5.27. The molecule has 0 radical (unpaired) electrons. The van der Waals surface area contributed by atoms with Gasteiger partial charge in [-0.1, -0.05) is 5.16 Å². The highest BCUT2D eigenvalue weighted by Gasteiger charge is 2.23. The number of rotatable bonds is 6. The molecular formula is C14H21N5O2. The Hall–Kier alpha value is -1.73. The smallest absolute Gasteiger partial charge is 0.255 e. The van der Waals surface area contributed by atoms with E-state index in [1.807, 2.05) is 26.4 Å². The summed E-state index contributed by atoms with van der Waals surface area (Å²) < 4.78 is 13.0. The van der Waals surface area contributed by atoms with Gasteiger partial charge in [-0.25, -0.2) is 4.98 Å². The molecular weight excluding hydrogens is 270 g/mol. The number of nitrogens with zero attached hydrogens (tertiary/aromatic N) is 5. The first-order valence-corrected chi connectivity index (χ1v) is 7.33. The maximum atomic E-state index is 5.55. The molecule has 7 nitrogen and oxygen atoms in total. The molecule has 0 spiro atoms. The van der Waals surface area contributed by atoms with Crippen molar-refractivity contribution >= 4 is 0 Å². The summed E-state index contributed by atoms with van der Waals surface area (Å²) in [5, 5.41) is 4.04. The van der Waals surface area contributed by atoms with Crippen LogP contribution < -0.4 is 0 Å². The van der Waals surface area contributed by atoms with Gasteiger partial charge in [0, 0.05) is 32.1 Å². The van der Waals surface area contributed by atoms with Crippen LogP contribution in [-0.4, -0.2) is 44.8 Å². The van der Waals surface area contributed by atoms with Crippen LogP contribution >= 0.6 is 0 Å². The zero-order valence-electron chi connectivity index (χ0n) is 12.5. The van der Waals surface area contributed by atoms with Crippen molar-refractivity contribution in [1.29, 1.82) is 0 Å². The summed E-state index contributed by atoms with van der Waals surface area (Å²) in [5.41, 5.74) is 0. The highest BCUT2D eigenvalue weighted by Crippen LogP contribution is 2.26. The van der Waals surface area contributed by atoms with Crippen LogP contribution in [0.1, 0.15) is 36.5 Å². The van der Waals surface area contributed by atoms with Gasteiger partial charge in [-0.2, -0.15) is 4.98 Å². The second-order valence-corrected chi connectivity index (χ2v) is 5.46. The zero-order chi connectivity index (χ0) is 14.7. The Morgan fingerprint density at radius 1 is 1.48 bits per heavy atom. The maximum Gasteiger partial charge on any atom is 0.255 e. The van der Waals surface area contributed by atoms with Gasteiger partial charge in [-0.05, 0) is 26.8 Å². The van der Waals surface area contributed by atoms with E-state index in [1.54, 1.807) is 0 Å². The van der Waals surface area contributed by atoms with Crippen molar-refractivity contribution < 1.29 is 9.26 Å². The lowest BCUT2D eigenvalue weighted by Gasteiger charge is -2.15. The first-order valence-electron chi connectivity index (χ1n) is 7.33. The van der Waals surface area contributed by atoms with Gasteiger partial charge < -0.3 is 13.8 Å². The molecule has 21 heavy (non-hydrogen) atoms. The van der Waals surface area contributed by atoms with E-state index in [-0.39, 0.29) is 6.10 Å². The van der Waals surface area contributed by atoms with Crippen molar-refractivity contribution in [1.82, 2.24) is 24.6 Å². The number of ether oxygens (including phenoxy) is 1. The van der Waals surface area contributed by atoms with Gasteiger partial charge in [0.2, 0.25) is 0 Å². The van der Waals surface area contributed by atoms with Crippen molar-refractivity contribution in [2.75, 3.05) is 20.2 Å². The third kappa shape index (κ3) is 3.48. The molecule has 2 aromatic heterocycles. The van der Waals surface area contributed by atoms with Crippen LogP contribution in [-0.2, 0) is 17.8 Å². The molecule has 3 heterocycles. The Balaban J connectivity index is 1.50. The average molecular weight is 291 g/mol. The van der Waals surface area contributed by atoms with Gasteiger partial charge in [-0.15, -0.1) is 0 Å². The summed E-state index contributed by atoms with van der Waals surface area (Å²) in [7, 11) is 2.05. The molecule has 2 aromatic rings. The van der Waals surface area contributed by atoms with E-state index in [0.29, 0.717) is 18.3 Å². The molecule has 0 aliphatic carbocycles. The second kappa shape index (κ2) is 6.36. The first-order chi connectivity index (χ1) is 10.2. The van der Waals surface area contributed by atoms with Crippen molar-refractivity contribution in [2.45, 2.75) is 39.0 Å². The molecule has 1 aliphatic rings. The number of aromatic nitrogens is 4. The Kier molecular flexibility index (Phi) is 4.31. The quantitative estimate of drug-likeness (QED) is 0.804. The lowest BCUT2D eigenvalue weighted by Crippen LogP contribution is -2.23. The highest BCUT2D eigenvalue weighted by atomic mass is 16.5. The van der Waals surface area contributed by atoms with E-state index in [0.717, 1.165) is 38.4 Å². The minimum Gasteiger partial charge on any atom is -0.368 e. The minimum absolute atomic E-state index is 0.00912. The lowest BCUT2D eigenvalue weighted by molar-refractivity contribution is 0.0835. The Labute approximate surface area is 123 Å². The fourth-order valence-electron chi connectivity index (χ4n) is 2.47. The van der Waals surface area contributed by atoms with Crippen LogP contribution in [0.25, 0.3) is 0 Å². The molecule has 1 saturated heterocycles. The van der Waals surface area contributed by atoms with Gasteiger partial charge >= 0.3 is 0 Å². The monoisotopic (exact) mass is 291 g/mol. The van der Waals surface area contributed by atoms with Gasteiger partial charge in [0.25, 0.3) is 5.89 Å². The van der Waals surface area contributed by atoms with Crippen molar-refractivity contribution in [3.05, 3.63) is 29.9 Å². The largest absolute Gasteiger partial charge is 0.368 e. The summed E-state index contributed by atoms with van der Waals surface area (Å²) in [4.78, 5) is 10.8. The standard InChI is InChI=1S/C14H21N5O2/c1-11-15-5-6-19(11)8-7-18(2)10-13-16-14(21-17-13)12-4-3-9-20-12/h5-6,12H,3-4,7-10H2,1-2H3. The first kappa shape index (κ1) is 14.2. The predicted octanol–water partition coefficient (Wildman–Crippen LogP) is 1.56. The van der Waals surface area contributed by atoms with Gasteiger partial charge in [0.15, 0.2) is 5.82 Å². The molecule has 1 atom stereocenters. The Bertz CT molecular complexity index is 573. The summed E-state index contributed by atoms with van der Waals surface area (Å²) in [5.74, 6) is 2.36. The lowest BCUT2D eigenvalue weighted by atomic mass is 10.2. The number of hydrogen-bond acceptors (Lipinski definition) is 6. The molecule has 1 aliphatic heterocycles. The van der Waals surface area contributed by atoms with Crippen LogP contribution in [0.5, 0.6) is 0 Å². The molecule has 114 valence electrons. The van der Waals surface area contributed by atoms with E-state index in [2.05, 4.69) is 24.6 Å². The number of likely N-dealkylation sites (N-methyl/N-ethyl adjacent to an activating group) is 1. The van der Waals surface area contributed by atoms with Crippen molar-refractivity contribution in [2.24, 2.45) is 0 Å². The third-order valence-electron chi connectivity index (χ3n) is 3.75. The number of hydrogen-bond donors (Lipinski definition) is 0. The Morgan fingerprint density at radius 3 is 3.10 bits per heavy atom. The van der Waals surface area contributed by atoms with Crippen LogP contribution in [0.3, 0.4) is 0 Å². The van der Waals surface area contributed by atoms with Gasteiger partial charge in [0.05, 0.1) is 6.54 Å². The molecule has 3 rings (SSSR count). The number of aryl methyl sites for hydroxylation is 1. The van der Waals surface area contributed by atoms with E-state index < -0.39 is 0 Å². The normalized spacial score (nSPS) is 18.7. The summed E-state index contributed by atoms with van der Waals surface area (Å²) >= 11 is 0. The molecule has 0 amide bonds. The fourth-order valence-corrected chi connectivity index (χ4v) is 2.47. The van der Waals surface area contributed by atoms with Gasteiger partial charge in [0.1, 0.15) is 11.9 Å². The van der Waals surface area contributed by atoms with Crippen LogP contribution in [0.2, 0.25) is 0 Å². The molecule has 0 saturated carbocycles. The van der Waals surface area contributed by atoms with Crippen LogP contribution in [0.4, 0.5) is 0 Å². The average Bonchev–Trinajstić information content (AvgIpc) is 3.17. The molecule has 7 heteroatoms.